The maximum Gasteiger partial charge on any atom is 0.341 e. The van der Waals surface area contributed by atoms with Crippen molar-refractivity contribution in [2.24, 2.45) is 0 Å². The Morgan fingerprint density at radius 3 is 2.77 bits per heavy atom. The summed E-state index contributed by atoms with van der Waals surface area (Å²) in [5.74, 6) is -1.50. The average Bonchev–Trinajstić information content (AvgIpc) is 2.87. The number of nitrogens with zero attached hydrogens (tertiary/aromatic N) is 1. The monoisotopic (exact) mass is 389 g/mol. The van der Waals surface area contributed by atoms with Crippen LogP contribution in [-0.2, 0) is 9.59 Å². The van der Waals surface area contributed by atoms with E-state index in [0.717, 1.165) is 11.8 Å². The van der Waals surface area contributed by atoms with E-state index in [1.165, 1.54) is 23.1 Å². The van der Waals surface area contributed by atoms with Gasteiger partial charge in [-0.25, -0.2) is 9.18 Å². The number of carboxylic acid groups (broad SMARTS) is 1. The van der Waals surface area contributed by atoms with Crippen LogP contribution in [0.4, 0.5) is 10.1 Å². The molecular weight excluding hydrogens is 377 g/mol. The fourth-order valence-electron chi connectivity index (χ4n) is 2.30. The SMILES string of the molecule is O=C(O)COc1cccc(/C=C2/SC(=S)N(c3cccc(F)c3)C2=O)c1. The molecule has 1 amide bonds. The normalized spacial score (nSPS) is 15.6. The predicted molar refractivity (Wildman–Crippen MR) is 102 cm³/mol. The predicted octanol–water partition coefficient (Wildman–Crippen LogP) is 3.69. The van der Waals surface area contributed by atoms with Crippen molar-refractivity contribution >= 4 is 51.9 Å². The maximum absolute atomic E-state index is 13.4. The third kappa shape index (κ3) is 4.09. The number of hydrogen-bond donors (Lipinski definition) is 1. The molecule has 132 valence electrons. The van der Waals surface area contributed by atoms with Gasteiger partial charge >= 0.3 is 5.97 Å². The Balaban J connectivity index is 1.84. The first-order chi connectivity index (χ1) is 12.4. The number of thiocarbonyl (C=S) groups is 1. The number of hydrogen-bond acceptors (Lipinski definition) is 5. The smallest absolute Gasteiger partial charge is 0.341 e. The number of halogens is 1. The average molecular weight is 389 g/mol. The molecule has 1 aliphatic heterocycles. The van der Waals surface area contributed by atoms with Crippen LogP contribution in [0.5, 0.6) is 5.75 Å². The van der Waals surface area contributed by atoms with E-state index in [9.17, 15) is 14.0 Å². The van der Waals surface area contributed by atoms with Gasteiger partial charge in [0.1, 0.15) is 11.6 Å². The number of thioether (sulfide) groups is 1. The minimum Gasteiger partial charge on any atom is -0.482 e. The molecule has 1 N–H and O–H groups in total. The number of carboxylic acids is 1. The van der Waals surface area contributed by atoms with E-state index in [2.05, 4.69) is 0 Å². The standard InChI is InChI=1S/C18H12FNO4S2/c19-12-4-2-5-13(9-12)20-17(23)15(26-18(20)25)8-11-3-1-6-14(7-11)24-10-16(21)22/h1-9H,10H2,(H,21,22)/b15-8+. The molecule has 0 unspecified atom stereocenters. The van der Waals surface area contributed by atoms with Gasteiger partial charge in [-0.1, -0.05) is 42.2 Å². The summed E-state index contributed by atoms with van der Waals surface area (Å²) in [5, 5.41) is 8.66. The molecule has 0 bridgehead atoms. The minimum absolute atomic E-state index is 0.310. The third-order valence-electron chi connectivity index (χ3n) is 3.38. The zero-order valence-electron chi connectivity index (χ0n) is 13.2. The van der Waals surface area contributed by atoms with Crippen molar-refractivity contribution in [3.05, 3.63) is 64.8 Å². The van der Waals surface area contributed by atoms with Crippen LogP contribution < -0.4 is 9.64 Å². The number of amides is 1. The Hall–Kier alpha value is -2.71. The molecule has 1 saturated heterocycles. The summed E-state index contributed by atoms with van der Waals surface area (Å²) in [4.78, 5) is 24.9. The molecule has 8 heteroatoms. The van der Waals surface area contributed by atoms with Gasteiger partial charge in [-0.05, 0) is 42.0 Å². The molecule has 1 aliphatic rings. The molecular formula is C18H12FNO4S2. The molecule has 1 fully saturated rings. The van der Waals surface area contributed by atoms with Gasteiger partial charge in [-0.3, -0.25) is 9.69 Å². The van der Waals surface area contributed by atoms with Gasteiger partial charge in [0.05, 0.1) is 10.6 Å². The van der Waals surface area contributed by atoms with Crippen LogP contribution in [0.15, 0.2) is 53.4 Å². The molecule has 0 aliphatic carbocycles. The Morgan fingerprint density at radius 1 is 1.27 bits per heavy atom. The Morgan fingerprint density at radius 2 is 2.04 bits per heavy atom. The van der Waals surface area contributed by atoms with Gasteiger partial charge in [0, 0.05) is 0 Å². The summed E-state index contributed by atoms with van der Waals surface area (Å²) < 4.78 is 18.9. The summed E-state index contributed by atoms with van der Waals surface area (Å²) in [6.07, 6.45) is 1.63. The van der Waals surface area contributed by atoms with E-state index in [4.69, 9.17) is 22.1 Å². The summed E-state index contributed by atoms with van der Waals surface area (Å²) >= 11 is 6.36. The second-order valence-corrected chi connectivity index (χ2v) is 6.93. The summed E-state index contributed by atoms with van der Waals surface area (Å²) in [6.45, 7) is -0.453. The van der Waals surface area contributed by atoms with Crippen molar-refractivity contribution in [1.29, 1.82) is 0 Å². The van der Waals surface area contributed by atoms with Crippen molar-refractivity contribution in [2.45, 2.75) is 0 Å². The zero-order valence-corrected chi connectivity index (χ0v) is 14.8. The van der Waals surface area contributed by atoms with E-state index in [-0.39, 0.29) is 5.91 Å². The maximum atomic E-state index is 13.4. The molecule has 3 rings (SSSR count). The van der Waals surface area contributed by atoms with Crippen molar-refractivity contribution in [2.75, 3.05) is 11.5 Å². The zero-order chi connectivity index (χ0) is 18.7. The second kappa shape index (κ2) is 7.67. The lowest BCUT2D eigenvalue weighted by Gasteiger charge is -2.14. The molecule has 5 nitrogen and oxygen atoms in total. The quantitative estimate of drug-likeness (QED) is 0.621. The Kier molecular flexibility index (Phi) is 5.34. The third-order valence-corrected chi connectivity index (χ3v) is 4.68. The number of benzene rings is 2. The summed E-state index contributed by atoms with van der Waals surface area (Å²) in [6, 6.07) is 12.3. The second-order valence-electron chi connectivity index (χ2n) is 5.25. The molecule has 0 aromatic heterocycles. The fraction of sp³-hybridized carbons (Fsp3) is 0.0556. The highest BCUT2D eigenvalue weighted by Crippen LogP contribution is 2.36. The first kappa shape index (κ1) is 18.1. The van der Waals surface area contributed by atoms with Gasteiger partial charge in [0.15, 0.2) is 10.9 Å². The highest BCUT2D eigenvalue weighted by molar-refractivity contribution is 8.27. The molecule has 26 heavy (non-hydrogen) atoms. The fourth-order valence-corrected chi connectivity index (χ4v) is 3.60. The highest BCUT2D eigenvalue weighted by Gasteiger charge is 2.33. The van der Waals surface area contributed by atoms with Crippen LogP contribution in [0.3, 0.4) is 0 Å². The largest absolute Gasteiger partial charge is 0.482 e. The van der Waals surface area contributed by atoms with E-state index < -0.39 is 18.4 Å². The van der Waals surface area contributed by atoms with E-state index in [1.54, 1.807) is 36.4 Å². The molecule has 0 radical (unpaired) electrons. The van der Waals surface area contributed by atoms with Gasteiger partial charge in [0.2, 0.25) is 0 Å². The van der Waals surface area contributed by atoms with E-state index in [1.807, 2.05) is 0 Å². The van der Waals surface area contributed by atoms with Crippen molar-refractivity contribution in [3.63, 3.8) is 0 Å². The lowest BCUT2D eigenvalue weighted by atomic mass is 10.2. The molecule has 0 atom stereocenters. The number of anilines is 1. The van der Waals surface area contributed by atoms with Gasteiger partial charge in [0.25, 0.3) is 5.91 Å². The van der Waals surface area contributed by atoms with Crippen LogP contribution in [0.25, 0.3) is 6.08 Å². The van der Waals surface area contributed by atoms with E-state index in [0.29, 0.717) is 26.2 Å². The molecule has 1 heterocycles. The molecule has 0 spiro atoms. The molecule has 2 aromatic rings. The minimum atomic E-state index is -1.08. The number of carbonyl (C=O) groups is 2. The number of aliphatic carboxylic acids is 1. The van der Waals surface area contributed by atoms with E-state index >= 15 is 0 Å². The van der Waals surface area contributed by atoms with Crippen LogP contribution in [-0.4, -0.2) is 27.9 Å². The summed E-state index contributed by atoms with van der Waals surface area (Å²) in [7, 11) is 0. The van der Waals surface area contributed by atoms with Gasteiger partial charge in [-0.15, -0.1) is 0 Å². The molecule has 2 aromatic carbocycles. The number of rotatable bonds is 5. The lowest BCUT2D eigenvalue weighted by molar-refractivity contribution is -0.139. The van der Waals surface area contributed by atoms with Crippen molar-refractivity contribution < 1.29 is 23.8 Å². The van der Waals surface area contributed by atoms with Crippen molar-refractivity contribution in [3.8, 4) is 5.75 Å². The number of carbonyl (C=O) groups excluding carboxylic acids is 1. The summed E-state index contributed by atoms with van der Waals surface area (Å²) in [5.41, 5.74) is 1.03. The Bertz CT molecular complexity index is 929. The van der Waals surface area contributed by atoms with Crippen molar-refractivity contribution in [1.82, 2.24) is 0 Å². The first-order valence-corrected chi connectivity index (χ1v) is 8.65. The molecule has 0 saturated carbocycles. The Labute approximate surface area is 158 Å². The van der Waals surface area contributed by atoms with Crippen LogP contribution in [0, 0.1) is 5.82 Å². The lowest BCUT2D eigenvalue weighted by Crippen LogP contribution is -2.27. The van der Waals surface area contributed by atoms with Crippen LogP contribution in [0.1, 0.15) is 5.56 Å². The number of ether oxygens (including phenoxy) is 1. The first-order valence-electron chi connectivity index (χ1n) is 7.42. The topological polar surface area (TPSA) is 66.8 Å². The highest BCUT2D eigenvalue weighted by atomic mass is 32.2. The van der Waals surface area contributed by atoms with Gasteiger partial charge < -0.3 is 9.84 Å². The van der Waals surface area contributed by atoms with Crippen LogP contribution >= 0.6 is 24.0 Å². The van der Waals surface area contributed by atoms with Crippen LogP contribution in [0.2, 0.25) is 0 Å². The van der Waals surface area contributed by atoms with Gasteiger partial charge in [-0.2, -0.15) is 0 Å².